The molecule has 1 aromatic heterocycles. The first-order chi connectivity index (χ1) is 4.95. The van der Waals surface area contributed by atoms with Crippen LogP contribution in [0, 0.1) is 5.92 Å². The van der Waals surface area contributed by atoms with E-state index in [0.717, 1.165) is 25.6 Å². The summed E-state index contributed by atoms with van der Waals surface area (Å²) in [5.74, 6) is 0.765. The number of hydrogen-bond donors (Lipinski definition) is 1. The quantitative estimate of drug-likeness (QED) is 0.767. The summed E-state index contributed by atoms with van der Waals surface area (Å²) in [6, 6.07) is 0. The minimum absolute atomic E-state index is 0. The second-order valence-corrected chi connectivity index (χ2v) is 2.64. The lowest BCUT2D eigenvalue weighted by Gasteiger charge is -2.26. The molecule has 0 radical (unpaired) electrons. The summed E-state index contributed by atoms with van der Waals surface area (Å²) in [6.07, 6.45) is 3.34. The van der Waals surface area contributed by atoms with E-state index < -0.39 is 0 Å². The lowest BCUT2D eigenvalue weighted by molar-refractivity contribution is 0.295. The minimum Gasteiger partial charge on any atom is -0.316 e. The minimum atomic E-state index is 0. The van der Waals surface area contributed by atoms with Gasteiger partial charge in [-0.25, -0.2) is 4.98 Å². The Morgan fingerprint density at radius 3 is 2.58 bits per heavy atom. The van der Waals surface area contributed by atoms with E-state index in [9.17, 15) is 0 Å². The van der Waals surface area contributed by atoms with Crippen molar-refractivity contribution in [3.63, 3.8) is 0 Å². The van der Waals surface area contributed by atoms with Crippen LogP contribution in [0.2, 0.25) is 0 Å². The molecule has 0 aromatic carbocycles. The lowest BCUT2D eigenvalue weighted by Crippen LogP contribution is -2.44. The van der Waals surface area contributed by atoms with Gasteiger partial charge in [0.1, 0.15) is 12.7 Å². The Morgan fingerprint density at radius 1 is 1.42 bits per heavy atom. The van der Waals surface area contributed by atoms with E-state index in [0.29, 0.717) is 0 Å². The van der Waals surface area contributed by atoms with Crippen molar-refractivity contribution in [2.75, 3.05) is 13.1 Å². The average Bonchev–Trinajstić information content (AvgIpc) is 2.29. The molecule has 70 valence electrons. The fourth-order valence-electron chi connectivity index (χ4n) is 1.07. The summed E-state index contributed by atoms with van der Waals surface area (Å²) < 4.78 is 1.88. The highest BCUT2D eigenvalue weighted by molar-refractivity contribution is 5.85. The number of nitrogens with zero attached hydrogens (tertiary/aromatic N) is 3. The zero-order valence-corrected chi connectivity index (χ0v) is 8.14. The summed E-state index contributed by atoms with van der Waals surface area (Å²) in [5.41, 5.74) is 0. The number of hydrogen-bond acceptors (Lipinski definition) is 3. The van der Waals surface area contributed by atoms with Gasteiger partial charge in [0.2, 0.25) is 0 Å². The zero-order valence-electron chi connectivity index (χ0n) is 6.51. The molecule has 0 spiro atoms. The molecule has 1 fully saturated rings. The highest BCUT2D eigenvalue weighted by Gasteiger charge is 2.16. The number of rotatable bonds is 2. The van der Waals surface area contributed by atoms with Crippen LogP contribution in [0.15, 0.2) is 12.7 Å². The maximum absolute atomic E-state index is 4.02. The average molecular weight is 211 g/mol. The van der Waals surface area contributed by atoms with Crippen LogP contribution in [0.1, 0.15) is 0 Å². The van der Waals surface area contributed by atoms with Crippen LogP contribution < -0.4 is 5.32 Å². The van der Waals surface area contributed by atoms with Crippen molar-refractivity contribution in [3.05, 3.63) is 12.7 Å². The van der Waals surface area contributed by atoms with Crippen molar-refractivity contribution in [1.29, 1.82) is 0 Å². The Labute approximate surface area is 83.6 Å². The Kier molecular flexibility index (Phi) is 5.20. The molecule has 0 atom stereocenters. The van der Waals surface area contributed by atoms with Crippen LogP contribution >= 0.6 is 24.8 Å². The SMILES string of the molecule is Cl.Cl.c1ncn(CC2CNC2)n1. The summed E-state index contributed by atoms with van der Waals surface area (Å²) in [7, 11) is 0. The summed E-state index contributed by atoms with van der Waals surface area (Å²) in [5, 5.41) is 7.23. The van der Waals surface area contributed by atoms with Gasteiger partial charge in [-0.3, -0.25) is 4.68 Å². The van der Waals surface area contributed by atoms with Gasteiger partial charge < -0.3 is 5.32 Å². The Hall–Kier alpha value is -0.320. The second-order valence-electron chi connectivity index (χ2n) is 2.64. The van der Waals surface area contributed by atoms with E-state index in [1.807, 2.05) is 4.68 Å². The molecule has 1 saturated heterocycles. The fraction of sp³-hybridized carbons (Fsp3) is 0.667. The van der Waals surface area contributed by atoms with Crippen molar-refractivity contribution < 1.29 is 0 Å². The topological polar surface area (TPSA) is 42.7 Å². The van der Waals surface area contributed by atoms with Gasteiger partial charge in [-0.15, -0.1) is 24.8 Å². The third kappa shape index (κ3) is 2.62. The third-order valence-corrected chi connectivity index (χ3v) is 1.78. The van der Waals surface area contributed by atoms with Crippen molar-refractivity contribution >= 4 is 24.8 Å². The normalized spacial score (nSPS) is 15.7. The molecule has 0 saturated carbocycles. The van der Waals surface area contributed by atoms with Crippen LogP contribution in [-0.2, 0) is 6.54 Å². The molecule has 1 N–H and O–H groups in total. The molecule has 0 amide bonds. The lowest BCUT2D eigenvalue weighted by atomic mass is 10.0. The van der Waals surface area contributed by atoms with Gasteiger partial charge in [0.25, 0.3) is 0 Å². The van der Waals surface area contributed by atoms with E-state index >= 15 is 0 Å². The molecule has 1 aromatic rings. The van der Waals surface area contributed by atoms with Crippen LogP contribution in [0.5, 0.6) is 0 Å². The smallest absolute Gasteiger partial charge is 0.137 e. The number of halogens is 2. The first-order valence-electron chi connectivity index (χ1n) is 3.48. The molecule has 2 rings (SSSR count). The molecule has 12 heavy (non-hydrogen) atoms. The second kappa shape index (κ2) is 5.35. The molecule has 6 heteroatoms. The molecule has 1 aliphatic rings. The monoisotopic (exact) mass is 210 g/mol. The largest absolute Gasteiger partial charge is 0.316 e. The molecule has 0 unspecified atom stereocenters. The predicted molar refractivity (Wildman–Crippen MR) is 50.9 cm³/mol. The standard InChI is InChI=1S/C6H10N4.2ClH/c1-6(2-7-1)3-10-5-8-4-9-10;;/h4-7H,1-3H2;2*1H. The summed E-state index contributed by atoms with van der Waals surface area (Å²) >= 11 is 0. The maximum atomic E-state index is 4.02. The van der Waals surface area contributed by atoms with Gasteiger partial charge in [0.15, 0.2) is 0 Å². The van der Waals surface area contributed by atoms with Crippen LogP contribution in [0.3, 0.4) is 0 Å². The first-order valence-corrected chi connectivity index (χ1v) is 3.48. The summed E-state index contributed by atoms with van der Waals surface area (Å²) in [4.78, 5) is 3.87. The van der Waals surface area contributed by atoms with Crippen molar-refractivity contribution in [2.24, 2.45) is 5.92 Å². The molecule has 0 aliphatic carbocycles. The highest BCUT2D eigenvalue weighted by atomic mass is 35.5. The molecule has 2 heterocycles. The van der Waals surface area contributed by atoms with Gasteiger partial charge in [-0.1, -0.05) is 0 Å². The molecular formula is C6H12Cl2N4. The van der Waals surface area contributed by atoms with Crippen LogP contribution in [0.25, 0.3) is 0 Å². The summed E-state index contributed by atoms with van der Waals surface area (Å²) in [6.45, 7) is 3.26. The molecule has 1 aliphatic heterocycles. The van der Waals surface area contributed by atoms with Crippen molar-refractivity contribution in [2.45, 2.75) is 6.54 Å². The van der Waals surface area contributed by atoms with Gasteiger partial charge in [0, 0.05) is 25.6 Å². The molecular weight excluding hydrogens is 199 g/mol. The Balaban J connectivity index is 0.000000605. The predicted octanol–water partition coefficient (Wildman–Crippen LogP) is 0.341. The Morgan fingerprint density at radius 2 is 2.17 bits per heavy atom. The van der Waals surface area contributed by atoms with Crippen LogP contribution in [0.4, 0.5) is 0 Å². The van der Waals surface area contributed by atoms with Crippen molar-refractivity contribution in [1.82, 2.24) is 20.1 Å². The highest BCUT2D eigenvalue weighted by Crippen LogP contribution is 2.04. The molecule has 4 nitrogen and oxygen atoms in total. The number of nitrogens with one attached hydrogen (secondary N) is 1. The van der Waals surface area contributed by atoms with Gasteiger partial charge in [-0.05, 0) is 0 Å². The number of aromatic nitrogens is 3. The van der Waals surface area contributed by atoms with E-state index in [1.54, 1.807) is 12.7 Å². The zero-order chi connectivity index (χ0) is 6.81. The fourth-order valence-corrected chi connectivity index (χ4v) is 1.07. The van der Waals surface area contributed by atoms with E-state index in [1.165, 1.54) is 0 Å². The van der Waals surface area contributed by atoms with Gasteiger partial charge in [-0.2, -0.15) is 5.10 Å². The Bertz CT molecular complexity index is 197. The van der Waals surface area contributed by atoms with Gasteiger partial charge in [0.05, 0.1) is 0 Å². The third-order valence-electron chi connectivity index (χ3n) is 1.78. The van der Waals surface area contributed by atoms with E-state index in [-0.39, 0.29) is 24.8 Å². The van der Waals surface area contributed by atoms with E-state index in [4.69, 9.17) is 0 Å². The molecule has 0 bridgehead atoms. The van der Waals surface area contributed by atoms with Crippen molar-refractivity contribution in [3.8, 4) is 0 Å². The van der Waals surface area contributed by atoms with E-state index in [2.05, 4.69) is 15.4 Å². The van der Waals surface area contributed by atoms with Gasteiger partial charge >= 0.3 is 0 Å². The van der Waals surface area contributed by atoms with Crippen LogP contribution in [-0.4, -0.2) is 27.9 Å². The maximum Gasteiger partial charge on any atom is 0.137 e. The first kappa shape index (κ1) is 11.7.